The molecule has 2 N–H and O–H groups in total. The molecule has 106 valence electrons. The van der Waals surface area contributed by atoms with E-state index in [1.54, 1.807) is 13.8 Å². The number of carboxylic acids is 1. The fourth-order valence-corrected chi connectivity index (χ4v) is 1.73. The zero-order chi connectivity index (χ0) is 14.0. The fraction of sp³-hybridized carbons (Fsp3) is 0.857. The van der Waals surface area contributed by atoms with Gasteiger partial charge in [-0.25, -0.2) is 4.79 Å². The Hall–Kier alpha value is -1.06. The van der Waals surface area contributed by atoms with Gasteiger partial charge in [0.25, 0.3) is 0 Å². The standard InChI is InChI=1S/C14H27NO3/c1-4-6-7-8-9-10-11-12(16)15-14(3,5-2)13(17)18/h4-11H2,1-3H3,(H,15,16)(H,17,18). The van der Waals surface area contributed by atoms with Crippen LogP contribution in [0.15, 0.2) is 0 Å². The summed E-state index contributed by atoms with van der Waals surface area (Å²) in [6, 6.07) is 0. The van der Waals surface area contributed by atoms with Crippen LogP contribution >= 0.6 is 0 Å². The maximum Gasteiger partial charge on any atom is 0.329 e. The lowest BCUT2D eigenvalue weighted by molar-refractivity contribution is -0.147. The van der Waals surface area contributed by atoms with Gasteiger partial charge >= 0.3 is 5.97 Å². The summed E-state index contributed by atoms with van der Waals surface area (Å²) in [6.07, 6.45) is 7.55. The molecule has 0 saturated heterocycles. The Labute approximate surface area is 110 Å². The molecule has 0 spiro atoms. The molecule has 0 aliphatic heterocycles. The number of carbonyl (C=O) groups is 2. The van der Waals surface area contributed by atoms with Gasteiger partial charge in [-0.3, -0.25) is 4.79 Å². The number of rotatable bonds is 10. The molecule has 1 unspecified atom stereocenters. The second-order valence-electron chi connectivity index (χ2n) is 5.06. The smallest absolute Gasteiger partial charge is 0.329 e. The normalized spacial score (nSPS) is 13.9. The van der Waals surface area contributed by atoms with Crippen molar-refractivity contribution < 1.29 is 14.7 Å². The number of nitrogens with one attached hydrogen (secondary N) is 1. The van der Waals surface area contributed by atoms with E-state index in [0.29, 0.717) is 12.8 Å². The predicted octanol–water partition coefficient (Wildman–Crippen LogP) is 3.11. The van der Waals surface area contributed by atoms with Crippen LogP contribution in [0.3, 0.4) is 0 Å². The monoisotopic (exact) mass is 257 g/mol. The highest BCUT2D eigenvalue weighted by molar-refractivity contribution is 5.86. The van der Waals surface area contributed by atoms with E-state index in [-0.39, 0.29) is 5.91 Å². The van der Waals surface area contributed by atoms with E-state index in [1.807, 2.05) is 0 Å². The van der Waals surface area contributed by atoms with Gasteiger partial charge in [0, 0.05) is 6.42 Å². The molecule has 0 heterocycles. The quantitative estimate of drug-likeness (QED) is 0.591. The average molecular weight is 257 g/mol. The zero-order valence-electron chi connectivity index (χ0n) is 11.9. The van der Waals surface area contributed by atoms with E-state index in [1.165, 1.54) is 19.3 Å². The Balaban J connectivity index is 3.80. The van der Waals surface area contributed by atoms with Crippen molar-refractivity contribution in [1.29, 1.82) is 0 Å². The van der Waals surface area contributed by atoms with E-state index in [9.17, 15) is 9.59 Å². The Bertz CT molecular complexity index is 266. The molecule has 0 aliphatic carbocycles. The van der Waals surface area contributed by atoms with Crippen LogP contribution in [0, 0.1) is 0 Å². The van der Waals surface area contributed by atoms with Crippen LogP contribution in [0.25, 0.3) is 0 Å². The van der Waals surface area contributed by atoms with Crippen molar-refractivity contribution in [2.75, 3.05) is 0 Å². The van der Waals surface area contributed by atoms with E-state index >= 15 is 0 Å². The minimum atomic E-state index is -1.13. The second-order valence-corrected chi connectivity index (χ2v) is 5.06. The summed E-state index contributed by atoms with van der Waals surface area (Å²) in [5.41, 5.74) is -1.13. The van der Waals surface area contributed by atoms with Gasteiger partial charge in [-0.2, -0.15) is 0 Å². The van der Waals surface area contributed by atoms with E-state index in [0.717, 1.165) is 19.3 Å². The highest BCUT2D eigenvalue weighted by Gasteiger charge is 2.32. The van der Waals surface area contributed by atoms with Crippen molar-refractivity contribution in [3.63, 3.8) is 0 Å². The third-order valence-electron chi connectivity index (χ3n) is 3.35. The molecule has 4 nitrogen and oxygen atoms in total. The number of unbranched alkanes of at least 4 members (excludes halogenated alkanes) is 5. The van der Waals surface area contributed by atoms with Crippen LogP contribution in [-0.2, 0) is 9.59 Å². The highest BCUT2D eigenvalue weighted by Crippen LogP contribution is 2.11. The molecule has 4 heteroatoms. The molecule has 0 aromatic rings. The minimum absolute atomic E-state index is 0.155. The van der Waals surface area contributed by atoms with Gasteiger partial charge in [0.15, 0.2) is 0 Å². The lowest BCUT2D eigenvalue weighted by Gasteiger charge is -2.24. The molecule has 0 aromatic carbocycles. The summed E-state index contributed by atoms with van der Waals surface area (Å²) in [4.78, 5) is 22.7. The van der Waals surface area contributed by atoms with E-state index < -0.39 is 11.5 Å². The number of aliphatic carboxylic acids is 1. The first-order valence-corrected chi connectivity index (χ1v) is 7.00. The van der Waals surface area contributed by atoms with Crippen molar-refractivity contribution in [2.24, 2.45) is 0 Å². The van der Waals surface area contributed by atoms with Crippen molar-refractivity contribution in [3.8, 4) is 0 Å². The molecule has 0 saturated carbocycles. The lowest BCUT2D eigenvalue weighted by Crippen LogP contribution is -2.51. The largest absolute Gasteiger partial charge is 0.480 e. The second kappa shape index (κ2) is 8.95. The molecule has 0 aromatic heterocycles. The molecule has 18 heavy (non-hydrogen) atoms. The fourth-order valence-electron chi connectivity index (χ4n) is 1.73. The van der Waals surface area contributed by atoms with Crippen LogP contribution in [0.2, 0.25) is 0 Å². The Morgan fingerprint density at radius 3 is 2.11 bits per heavy atom. The zero-order valence-corrected chi connectivity index (χ0v) is 11.9. The molecular formula is C14H27NO3. The topological polar surface area (TPSA) is 66.4 Å². The molecule has 0 fully saturated rings. The summed E-state index contributed by atoms with van der Waals surface area (Å²) in [5, 5.41) is 11.6. The van der Waals surface area contributed by atoms with Gasteiger partial charge in [-0.15, -0.1) is 0 Å². The maximum absolute atomic E-state index is 11.6. The SMILES string of the molecule is CCCCCCCCC(=O)NC(C)(CC)C(=O)O. The molecule has 0 bridgehead atoms. The Kier molecular flexibility index (Phi) is 8.42. The summed E-state index contributed by atoms with van der Waals surface area (Å²) in [6.45, 7) is 5.48. The van der Waals surface area contributed by atoms with Gasteiger partial charge in [-0.1, -0.05) is 46.0 Å². The molecule has 0 aliphatic rings. The third-order valence-corrected chi connectivity index (χ3v) is 3.35. The summed E-state index contributed by atoms with van der Waals surface area (Å²) < 4.78 is 0. The third kappa shape index (κ3) is 6.62. The molecule has 1 atom stereocenters. The number of carboxylic acid groups (broad SMARTS) is 1. The first-order chi connectivity index (χ1) is 8.46. The molecular weight excluding hydrogens is 230 g/mol. The number of hydrogen-bond acceptors (Lipinski definition) is 2. The van der Waals surface area contributed by atoms with Gasteiger partial charge in [-0.05, 0) is 19.8 Å². The van der Waals surface area contributed by atoms with Gasteiger partial charge in [0.05, 0.1) is 0 Å². The summed E-state index contributed by atoms with van der Waals surface area (Å²) in [5.74, 6) is -1.13. The summed E-state index contributed by atoms with van der Waals surface area (Å²) in [7, 11) is 0. The van der Waals surface area contributed by atoms with Gasteiger partial charge in [0.1, 0.15) is 5.54 Å². The lowest BCUT2D eigenvalue weighted by atomic mass is 9.98. The van der Waals surface area contributed by atoms with Crippen LogP contribution in [0.1, 0.15) is 72.1 Å². The van der Waals surface area contributed by atoms with Crippen molar-refractivity contribution in [3.05, 3.63) is 0 Å². The van der Waals surface area contributed by atoms with Crippen LogP contribution in [0.5, 0.6) is 0 Å². The van der Waals surface area contributed by atoms with Crippen LogP contribution < -0.4 is 5.32 Å². The number of carbonyl (C=O) groups excluding carboxylic acids is 1. The van der Waals surface area contributed by atoms with Gasteiger partial charge < -0.3 is 10.4 Å². The van der Waals surface area contributed by atoms with Crippen LogP contribution in [-0.4, -0.2) is 22.5 Å². The Morgan fingerprint density at radius 2 is 1.61 bits per heavy atom. The van der Waals surface area contributed by atoms with Crippen LogP contribution in [0.4, 0.5) is 0 Å². The predicted molar refractivity (Wildman–Crippen MR) is 72.5 cm³/mol. The van der Waals surface area contributed by atoms with E-state index in [2.05, 4.69) is 12.2 Å². The highest BCUT2D eigenvalue weighted by atomic mass is 16.4. The molecule has 0 rings (SSSR count). The molecule has 0 radical (unpaired) electrons. The van der Waals surface area contributed by atoms with Crippen molar-refractivity contribution in [2.45, 2.75) is 77.7 Å². The minimum Gasteiger partial charge on any atom is -0.480 e. The first-order valence-electron chi connectivity index (χ1n) is 7.00. The molecule has 1 amide bonds. The summed E-state index contributed by atoms with van der Waals surface area (Å²) >= 11 is 0. The van der Waals surface area contributed by atoms with Gasteiger partial charge in [0.2, 0.25) is 5.91 Å². The van der Waals surface area contributed by atoms with E-state index in [4.69, 9.17) is 5.11 Å². The maximum atomic E-state index is 11.6. The van der Waals surface area contributed by atoms with Crippen molar-refractivity contribution in [1.82, 2.24) is 5.32 Å². The number of hydrogen-bond donors (Lipinski definition) is 2. The first kappa shape index (κ1) is 16.9. The van der Waals surface area contributed by atoms with Crippen molar-refractivity contribution >= 4 is 11.9 Å². The Morgan fingerprint density at radius 1 is 1.06 bits per heavy atom. The number of amides is 1. The average Bonchev–Trinajstić information content (AvgIpc) is 2.33.